The van der Waals surface area contributed by atoms with Gasteiger partial charge in [0.1, 0.15) is 0 Å². The summed E-state index contributed by atoms with van der Waals surface area (Å²) in [5.74, 6) is 0. The van der Waals surface area contributed by atoms with Crippen LogP contribution >= 0.6 is 0 Å². The third kappa shape index (κ3) is 2.07. The maximum Gasteiger partial charge on any atom is 2.00 e. The zero-order valence-electron chi connectivity index (χ0n) is 6.95. The molecule has 4 heteroatoms. The van der Waals surface area contributed by atoms with E-state index >= 15 is 0 Å². The summed E-state index contributed by atoms with van der Waals surface area (Å²) in [6.45, 7) is 0. The summed E-state index contributed by atoms with van der Waals surface area (Å²) < 4.78 is 1.31. The predicted molar refractivity (Wildman–Crippen MR) is 37.4 cm³/mol. The number of nitrogens with zero attached hydrogens (tertiary/aromatic N) is 1. The molecule has 1 rings (SSSR count). The van der Waals surface area contributed by atoms with Gasteiger partial charge in [-0.3, -0.25) is 4.57 Å². The van der Waals surface area contributed by atoms with Crippen LogP contribution < -0.4 is 5.73 Å². The van der Waals surface area contributed by atoms with E-state index in [4.69, 9.17) is 5.73 Å². The van der Waals surface area contributed by atoms with E-state index in [0.717, 1.165) is 0 Å². The van der Waals surface area contributed by atoms with Gasteiger partial charge in [-0.25, -0.2) is 4.79 Å². The minimum absolute atomic E-state index is 0. The van der Waals surface area contributed by atoms with Gasteiger partial charge in [0, 0.05) is 12.4 Å². The van der Waals surface area contributed by atoms with Gasteiger partial charge in [0.25, 0.3) is 0 Å². The molecule has 0 bridgehead atoms. The average molecular weight is 136 g/mol. The van der Waals surface area contributed by atoms with Crippen LogP contribution in [0.1, 0.15) is 2.85 Å². The van der Waals surface area contributed by atoms with Gasteiger partial charge in [0.05, 0.1) is 0 Å². The summed E-state index contributed by atoms with van der Waals surface area (Å²) in [7, 11) is 0. The van der Waals surface area contributed by atoms with E-state index in [1.54, 1.807) is 24.5 Å². The number of hydrogen-bond donors (Lipinski definition) is 1. The molecule has 0 fully saturated rings. The standard InChI is InChI=1S/C5H6N2O.Mg.2H/c6-5(8)7-3-1-2-4-7;;;/h1-4H,(H2,6,8);;;/q;+2;2*-1. The van der Waals surface area contributed by atoms with Crippen molar-refractivity contribution in [3.8, 4) is 0 Å². The van der Waals surface area contributed by atoms with Crippen molar-refractivity contribution in [2.75, 3.05) is 0 Å². The molecule has 3 nitrogen and oxygen atoms in total. The number of carbonyl (C=O) groups is 1. The van der Waals surface area contributed by atoms with E-state index in [0.29, 0.717) is 0 Å². The van der Waals surface area contributed by atoms with Crippen LogP contribution in [0.25, 0.3) is 0 Å². The number of aromatic nitrogens is 1. The molecule has 0 saturated heterocycles. The Bertz CT molecular complexity index is 190. The van der Waals surface area contributed by atoms with Gasteiger partial charge in [0.15, 0.2) is 0 Å². The minimum Gasteiger partial charge on any atom is -1.00 e. The SMILES string of the molecule is NC(=O)n1cccc1.[H-].[H-].[Mg+2]. The van der Waals surface area contributed by atoms with Crippen molar-refractivity contribution in [2.24, 2.45) is 5.73 Å². The fourth-order valence-electron chi connectivity index (χ4n) is 0.481. The normalized spacial score (nSPS) is 8.00. The second kappa shape index (κ2) is 3.52. The van der Waals surface area contributed by atoms with Crippen LogP contribution in [0.5, 0.6) is 0 Å². The van der Waals surface area contributed by atoms with E-state index < -0.39 is 6.03 Å². The smallest absolute Gasteiger partial charge is 1.00 e. The first-order chi connectivity index (χ1) is 3.80. The molecule has 46 valence electrons. The Kier molecular flexibility index (Phi) is 3.33. The van der Waals surface area contributed by atoms with Crippen LogP contribution in [-0.4, -0.2) is 33.7 Å². The Labute approximate surface area is 72.0 Å². The average Bonchev–Trinajstić information content (AvgIpc) is 2.12. The quantitative estimate of drug-likeness (QED) is 0.511. The van der Waals surface area contributed by atoms with Gasteiger partial charge in [-0.05, 0) is 12.1 Å². The van der Waals surface area contributed by atoms with Crippen LogP contribution in [0.2, 0.25) is 0 Å². The maximum atomic E-state index is 10.2. The van der Waals surface area contributed by atoms with E-state index in [-0.39, 0.29) is 25.9 Å². The van der Waals surface area contributed by atoms with Crippen molar-refractivity contribution >= 4 is 29.1 Å². The molecular formula is C5H8MgN2O. The minimum atomic E-state index is -0.449. The van der Waals surface area contributed by atoms with Crippen LogP contribution in [0.4, 0.5) is 4.79 Å². The molecule has 0 radical (unpaired) electrons. The Balaban J connectivity index is -0.000000213. The second-order valence-corrected chi connectivity index (χ2v) is 1.43. The summed E-state index contributed by atoms with van der Waals surface area (Å²) in [6, 6.07) is 3.03. The van der Waals surface area contributed by atoms with Crippen molar-refractivity contribution in [2.45, 2.75) is 0 Å². The molecule has 0 aliphatic carbocycles. The molecule has 1 amide bonds. The third-order valence-electron chi connectivity index (χ3n) is 0.859. The summed E-state index contributed by atoms with van der Waals surface area (Å²) in [6.07, 6.45) is 3.20. The maximum absolute atomic E-state index is 10.2. The third-order valence-corrected chi connectivity index (χ3v) is 0.859. The molecule has 0 aliphatic heterocycles. The van der Waals surface area contributed by atoms with E-state index in [9.17, 15) is 4.79 Å². The molecule has 1 heterocycles. The van der Waals surface area contributed by atoms with Gasteiger partial charge in [0.2, 0.25) is 0 Å². The van der Waals surface area contributed by atoms with E-state index in [2.05, 4.69) is 0 Å². The Morgan fingerprint density at radius 3 is 2.11 bits per heavy atom. The molecule has 0 aliphatic rings. The topological polar surface area (TPSA) is 48.0 Å². The summed E-state index contributed by atoms with van der Waals surface area (Å²) in [5, 5.41) is 0. The molecule has 9 heavy (non-hydrogen) atoms. The fourth-order valence-corrected chi connectivity index (χ4v) is 0.481. The van der Waals surface area contributed by atoms with Gasteiger partial charge in [-0.15, -0.1) is 0 Å². The molecular weight excluding hydrogens is 128 g/mol. The van der Waals surface area contributed by atoms with Gasteiger partial charge in [-0.1, -0.05) is 0 Å². The Morgan fingerprint density at radius 1 is 1.44 bits per heavy atom. The molecule has 0 unspecified atom stereocenters. The summed E-state index contributed by atoms with van der Waals surface area (Å²) >= 11 is 0. The van der Waals surface area contributed by atoms with E-state index in [1.807, 2.05) is 0 Å². The van der Waals surface area contributed by atoms with Crippen molar-refractivity contribution in [3.63, 3.8) is 0 Å². The van der Waals surface area contributed by atoms with Gasteiger partial charge >= 0.3 is 29.1 Å². The van der Waals surface area contributed by atoms with Gasteiger partial charge in [-0.2, -0.15) is 0 Å². The molecule has 0 atom stereocenters. The monoisotopic (exact) mass is 136 g/mol. The van der Waals surface area contributed by atoms with Gasteiger partial charge < -0.3 is 8.59 Å². The van der Waals surface area contributed by atoms with Crippen molar-refractivity contribution in [1.29, 1.82) is 0 Å². The number of hydrogen-bond acceptors (Lipinski definition) is 1. The Morgan fingerprint density at radius 2 is 1.89 bits per heavy atom. The van der Waals surface area contributed by atoms with Crippen LogP contribution in [0.3, 0.4) is 0 Å². The largest absolute Gasteiger partial charge is 2.00 e. The molecule has 1 aromatic heterocycles. The van der Waals surface area contributed by atoms with Crippen LogP contribution in [-0.2, 0) is 0 Å². The predicted octanol–water partition coefficient (Wildman–Crippen LogP) is 0.259. The van der Waals surface area contributed by atoms with Crippen molar-refractivity contribution in [3.05, 3.63) is 24.5 Å². The van der Waals surface area contributed by atoms with Crippen LogP contribution in [0.15, 0.2) is 24.5 Å². The first kappa shape index (κ1) is 8.52. The fraction of sp³-hybridized carbons (Fsp3) is 0. The number of amides is 1. The molecule has 0 aromatic carbocycles. The zero-order chi connectivity index (χ0) is 5.98. The molecule has 0 spiro atoms. The van der Waals surface area contributed by atoms with Crippen molar-refractivity contribution in [1.82, 2.24) is 4.57 Å². The molecule has 0 saturated carbocycles. The van der Waals surface area contributed by atoms with E-state index in [1.165, 1.54) is 4.57 Å². The number of carbonyl (C=O) groups excluding carboxylic acids is 1. The number of nitrogens with two attached hydrogens (primary N) is 1. The second-order valence-electron chi connectivity index (χ2n) is 1.43. The number of primary amides is 1. The first-order valence-electron chi connectivity index (χ1n) is 2.23. The van der Waals surface area contributed by atoms with Crippen LogP contribution in [0, 0.1) is 0 Å². The first-order valence-corrected chi connectivity index (χ1v) is 2.23. The summed E-state index contributed by atoms with van der Waals surface area (Å²) in [5.41, 5.74) is 4.88. The molecule has 2 N–H and O–H groups in total. The zero-order valence-corrected chi connectivity index (χ0v) is 6.36. The molecule has 1 aromatic rings. The Hall–Kier alpha value is -0.484. The summed E-state index contributed by atoms with van der Waals surface area (Å²) in [4.78, 5) is 10.2. The van der Waals surface area contributed by atoms with Crippen molar-refractivity contribution < 1.29 is 7.65 Å². The number of rotatable bonds is 0.